The molecule has 0 fully saturated rings. The molecule has 0 saturated heterocycles. The summed E-state index contributed by atoms with van der Waals surface area (Å²) in [6.07, 6.45) is 2.47. The number of rotatable bonds is 3. The van der Waals surface area contributed by atoms with Gasteiger partial charge in [0.25, 0.3) is 0 Å². The highest BCUT2D eigenvalue weighted by Crippen LogP contribution is 2.18. The van der Waals surface area contributed by atoms with E-state index in [1.807, 2.05) is 0 Å². The van der Waals surface area contributed by atoms with Gasteiger partial charge in [0.05, 0.1) is 22.1 Å². The van der Waals surface area contributed by atoms with E-state index in [0.29, 0.717) is 17.4 Å². The molecule has 6 heteroatoms. The van der Waals surface area contributed by atoms with E-state index in [9.17, 15) is 4.39 Å². The molecule has 2 rings (SSSR count). The van der Waals surface area contributed by atoms with Crippen molar-refractivity contribution in [2.75, 3.05) is 6.54 Å². The van der Waals surface area contributed by atoms with Crippen molar-refractivity contribution in [3.05, 3.63) is 40.4 Å². The van der Waals surface area contributed by atoms with Crippen LogP contribution in [0.15, 0.2) is 28.9 Å². The van der Waals surface area contributed by atoms with E-state index in [4.69, 9.17) is 5.73 Å². The molecule has 0 aliphatic carbocycles. The van der Waals surface area contributed by atoms with Crippen LogP contribution in [0, 0.1) is 5.82 Å². The summed E-state index contributed by atoms with van der Waals surface area (Å²) >= 11 is 3.12. The zero-order valence-electron chi connectivity index (χ0n) is 8.40. The maximum absolute atomic E-state index is 13.0. The van der Waals surface area contributed by atoms with Crippen LogP contribution < -0.4 is 5.73 Å². The fourth-order valence-corrected chi connectivity index (χ4v) is 1.68. The predicted octanol–water partition coefficient (Wildman–Crippen LogP) is 1.67. The lowest BCUT2D eigenvalue weighted by molar-refractivity contribution is 0.620. The predicted molar refractivity (Wildman–Crippen MR) is 61.8 cm³/mol. The average molecular weight is 285 g/mol. The van der Waals surface area contributed by atoms with Crippen LogP contribution >= 0.6 is 15.9 Å². The molecule has 0 saturated carbocycles. The van der Waals surface area contributed by atoms with Crippen LogP contribution in [0.5, 0.6) is 0 Å². The molecule has 0 bridgehead atoms. The third-order valence-electron chi connectivity index (χ3n) is 2.11. The van der Waals surface area contributed by atoms with Crippen molar-refractivity contribution in [1.82, 2.24) is 15.0 Å². The topological polar surface area (TPSA) is 56.7 Å². The van der Waals surface area contributed by atoms with Crippen LogP contribution in [-0.2, 0) is 6.42 Å². The van der Waals surface area contributed by atoms with Gasteiger partial charge in [0.2, 0.25) is 0 Å². The largest absolute Gasteiger partial charge is 0.330 e. The quantitative estimate of drug-likeness (QED) is 0.933. The second-order valence-electron chi connectivity index (χ2n) is 3.29. The molecule has 0 aliphatic heterocycles. The van der Waals surface area contributed by atoms with Crippen molar-refractivity contribution in [2.24, 2.45) is 5.73 Å². The van der Waals surface area contributed by atoms with E-state index in [-0.39, 0.29) is 5.82 Å². The van der Waals surface area contributed by atoms with E-state index in [1.54, 1.807) is 23.0 Å². The first-order valence-corrected chi connectivity index (χ1v) is 5.56. The summed E-state index contributed by atoms with van der Waals surface area (Å²) < 4.78 is 15.0. The molecule has 0 radical (unpaired) electrons. The molecule has 4 nitrogen and oxygen atoms in total. The molecule has 1 aromatic carbocycles. The summed E-state index contributed by atoms with van der Waals surface area (Å²) in [4.78, 5) is 0. The standard InChI is InChI=1S/C10H10BrFN4/c11-9-5-8(1-2-10(9)12)16-6-7(3-4-13)14-15-16/h1-2,5-6H,3-4,13H2. The van der Waals surface area contributed by atoms with Crippen LogP contribution in [0.3, 0.4) is 0 Å². The first kappa shape index (κ1) is 11.2. The molecule has 1 heterocycles. The lowest BCUT2D eigenvalue weighted by Crippen LogP contribution is -2.02. The Morgan fingerprint density at radius 3 is 2.94 bits per heavy atom. The van der Waals surface area contributed by atoms with Crippen molar-refractivity contribution in [1.29, 1.82) is 0 Å². The molecule has 0 aliphatic rings. The van der Waals surface area contributed by atoms with Crippen molar-refractivity contribution in [3.8, 4) is 5.69 Å². The van der Waals surface area contributed by atoms with Crippen LogP contribution in [-0.4, -0.2) is 21.5 Å². The molecule has 0 spiro atoms. The van der Waals surface area contributed by atoms with E-state index in [0.717, 1.165) is 11.4 Å². The van der Waals surface area contributed by atoms with Gasteiger partial charge in [-0.1, -0.05) is 5.21 Å². The van der Waals surface area contributed by atoms with Gasteiger partial charge in [-0.2, -0.15) is 0 Å². The Bertz CT molecular complexity index is 497. The number of hydrogen-bond acceptors (Lipinski definition) is 3. The SMILES string of the molecule is NCCc1cn(-c2ccc(F)c(Br)c2)nn1. The summed E-state index contributed by atoms with van der Waals surface area (Å²) in [6, 6.07) is 4.67. The Labute approximate surface area is 100 Å². The van der Waals surface area contributed by atoms with Gasteiger partial charge in [0.15, 0.2) is 0 Å². The summed E-state index contributed by atoms with van der Waals surface area (Å²) in [5.74, 6) is -0.300. The van der Waals surface area contributed by atoms with E-state index >= 15 is 0 Å². The van der Waals surface area contributed by atoms with Gasteiger partial charge in [-0.25, -0.2) is 9.07 Å². The molecule has 2 aromatic rings. The van der Waals surface area contributed by atoms with E-state index in [1.165, 1.54) is 6.07 Å². The number of hydrogen-bond donors (Lipinski definition) is 1. The molecular formula is C10H10BrFN4. The summed E-state index contributed by atoms with van der Waals surface area (Å²) in [6.45, 7) is 0.534. The molecule has 84 valence electrons. The Morgan fingerprint density at radius 1 is 1.44 bits per heavy atom. The maximum Gasteiger partial charge on any atom is 0.137 e. The monoisotopic (exact) mass is 284 g/mol. The first-order valence-electron chi connectivity index (χ1n) is 4.77. The minimum Gasteiger partial charge on any atom is -0.330 e. The Kier molecular flexibility index (Phi) is 3.31. The van der Waals surface area contributed by atoms with Crippen molar-refractivity contribution < 1.29 is 4.39 Å². The lowest BCUT2D eigenvalue weighted by Gasteiger charge is -2.00. The Balaban J connectivity index is 2.31. The third-order valence-corrected chi connectivity index (χ3v) is 2.72. The van der Waals surface area contributed by atoms with Gasteiger partial charge in [0, 0.05) is 6.42 Å². The smallest absolute Gasteiger partial charge is 0.137 e. The fourth-order valence-electron chi connectivity index (χ4n) is 1.31. The molecule has 0 amide bonds. The lowest BCUT2D eigenvalue weighted by atomic mass is 10.3. The molecular weight excluding hydrogens is 275 g/mol. The Hall–Kier alpha value is -1.27. The number of benzene rings is 1. The van der Waals surface area contributed by atoms with Gasteiger partial charge in [-0.05, 0) is 40.7 Å². The second-order valence-corrected chi connectivity index (χ2v) is 4.15. The highest BCUT2D eigenvalue weighted by molar-refractivity contribution is 9.10. The number of nitrogens with zero attached hydrogens (tertiary/aromatic N) is 3. The fraction of sp³-hybridized carbons (Fsp3) is 0.200. The summed E-state index contributed by atoms with van der Waals surface area (Å²) in [5, 5.41) is 7.90. The average Bonchev–Trinajstić information content (AvgIpc) is 2.71. The summed E-state index contributed by atoms with van der Waals surface area (Å²) in [7, 11) is 0. The normalized spacial score (nSPS) is 10.7. The maximum atomic E-state index is 13.0. The van der Waals surface area contributed by atoms with Crippen LogP contribution in [0.1, 0.15) is 5.69 Å². The molecule has 0 atom stereocenters. The highest BCUT2D eigenvalue weighted by Gasteiger charge is 2.05. The molecule has 1 aromatic heterocycles. The zero-order valence-corrected chi connectivity index (χ0v) is 9.98. The molecule has 16 heavy (non-hydrogen) atoms. The number of halogens is 2. The molecule has 0 unspecified atom stereocenters. The minimum atomic E-state index is -0.300. The first-order chi connectivity index (χ1) is 7.70. The molecule has 2 N–H and O–H groups in total. The van der Waals surface area contributed by atoms with Gasteiger partial charge in [-0.15, -0.1) is 5.10 Å². The van der Waals surface area contributed by atoms with Gasteiger partial charge in [-0.3, -0.25) is 0 Å². The third kappa shape index (κ3) is 2.28. The van der Waals surface area contributed by atoms with Gasteiger partial charge >= 0.3 is 0 Å². The van der Waals surface area contributed by atoms with Gasteiger partial charge in [0.1, 0.15) is 5.82 Å². The highest BCUT2D eigenvalue weighted by atomic mass is 79.9. The van der Waals surface area contributed by atoms with E-state index < -0.39 is 0 Å². The van der Waals surface area contributed by atoms with Crippen LogP contribution in [0.25, 0.3) is 5.69 Å². The number of nitrogens with two attached hydrogens (primary N) is 1. The Morgan fingerprint density at radius 2 is 2.25 bits per heavy atom. The minimum absolute atomic E-state index is 0.300. The van der Waals surface area contributed by atoms with Crippen molar-refractivity contribution in [2.45, 2.75) is 6.42 Å². The zero-order chi connectivity index (χ0) is 11.5. The van der Waals surface area contributed by atoms with Crippen molar-refractivity contribution >= 4 is 15.9 Å². The van der Waals surface area contributed by atoms with Crippen molar-refractivity contribution in [3.63, 3.8) is 0 Å². The number of aromatic nitrogens is 3. The van der Waals surface area contributed by atoms with Gasteiger partial charge < -0.3 is 5.73 Å². The second kappa shape index (κ2) is 4.71. The van der Waals surface area contributed by atoms with Crippen LogP contribution in [0.4, 0.5) is 4.39 Å². The summed E-state index contributed by atoms with van der Waals surface area (Å²) in [5.41, 5.74) is 6.99. The van der Waals surface area contributed by atoms with E-state index in [2.05, 4.69) is 26.2 Å². The van der Waals surface area contributed by atoms with Crippen LogP contribution in [0.2, 0.25) is 0 Å².